The van der Waals surface area contributed by atoms with Crippen LogP contribution in [0.15, 0.2) is 61.1 Å². The zero-order valence-electron chi connectivity index (χ0n) is 11.5. The molecule has 100 valence electrons. The lowest BCUT2D eigenvalue weighted by Gasteiger charge is -2.14. The highest BCUT2D eigenvalue weighted by molar-refractivity contribution is 5.83. The van der Waals surface area contributed by atoms with E-state index >= 15 is 0 Å². The molecule has 0 aliphatic heterocycles. The first-order chi connectivity index (χ1) is 9.83. The molecule has 0 bridgehead atoms. The van der Waals surface area contributed by atoms with Crippen LogP contribution in [0.3, 0.4) is 0 Å². The smallest absolute Gasteiger partial charge is 0.115 e. The van der Waals surface area contributed by atoms with E-state index in [0.29, 0.717) is 0 Å². The van der Waals surface area contributed by atoms with Gasteiger partial charge in [-0.3, -0.25) is 0 Å². The minimum absolute atomic E-state index is 0.287. The Morgan fingerprint density at radius 1 is 1.05 bits per heavy atom. The highest BCUT2D eigenvalue weighted by Gasteiger charge is 2.06. The number of nitrogens with one attached hydrogen (secondary N) is 1. The van der Waals surface area contributed by atoms with Gasteiger partial charge in [-0.1, -0.05) is 36.4 Å². The summed E-state index contributed by atoms with van der Waals surface area (Å²) in [6.45, 7) is 2.92. The topological polar surface area (TPSA) is 37.8 Å². The van der Waals surface area contributed by atoms with Crippen molar-refractivity contribution in [3.05, 3.63) is 72.3 Å². The zero-order chi connectivity index (χ0) is 13.8. The van der Waals surface area contributed by atoms with Crippen molar-refractivity contribution in [2.75, 3.05) is 0 Å². The minimum atomic E-state index is 0.287. The Morgan fingerprint density at radius 3 is 2.70 bits per heavy atom. The Balaban J connectivity index is 1.73. The lowest BCUT2D eigenvalue weighted by Crippen LogP contribution is -2.18. The van der Waals surface area contributed by atoms with Crippen LogP contribution in [0.2, 0.25) is 0 Å². The van der Waals surface area contributed by atoms with Crippen molar-refractivity contribution in [2.45, 2.75) is 19.5 Å². The molecule has 1 atom stereocenters. The molecule has 3 aromatic rings. The lowest BCUT2D eigenvalue weighted by molar-refractivity contribution is 0.567. The van der Waals surface area contributed by atoms with E-state index in [4.69, 9.17) is 0 Å². The molecule has 0 amide bonds. The fourth-order valence-electron chi connectivity index (χ4n) is 2.28. The van der Waals surface area contributed by atoms with Gasteiger partial charge in [-0.25, -0.2) is 9.97 Å². The number of hydrogen-bond donors (Lipinski definition) is 1. The summed E-state index contributed by atoms with van der Waals surface area (Å²) in [7, 11) is 0. The first kappa shape index (κ1) is 12.8. The molecule has 3 nitrogen and oxygen atoms in total. The van der Waals surface area contributed by atoms with Crippen LogP contribution in [0.4, 0.5) is 0 Å². The molecule has 2 aromatic carbocycles. The van der Waals surface area contributed by atoms with Gasteiger partial charge < -0.3 is 5.32 Å². The van der Waals surface area contributed by atoms with E-state index in [9.17, 15) is 0 Å². The van der Waals surface area contributed by atoms with E-state index in [1.165, 1.54) is 16.3 Å². The third-order valence-electron chi connectivity index (χ3n) is 3.51. The van der Waals surface area contributed by atoms with Crippen LogP contribution in [-0.2, 0) is 6.54 Å². The van der Waals surface area contributed by atoms with Crippen molar-refractivity contribution < 1.29 is 0 Å². The Kier molecular flexibility index (Phi) is 3.70. The van der Waals surface area contributed by atoms with Crippen LogP contribution in [0.1, 0.15) is 24.2 Å². The van der Waals surface area contributed by atoms with E-state index in [2.05, 4.69) is 64.7 Å². The van der Waals surface area contributed by atoms with Gasteiger partial charge in [0.15, 0.2) is 0 Å². The number of benzene rings is 2. The summed E-state index contributed by atoms with van der Waals surface area (Å²) >= 11 is 0. The fourth-order valence-corrected chi connectivity index (χ4v) is 2.28. The SMILES string of the molecule is CC(NCc1ccncn1)c1ccc2ccccc2c1. The summed E-state index contributed by atoms with van der Waals surface area (Å²) in [6, 6.07) is 17.2. The molecule has 20 heavy (non-hydrogen) atoms. The second kappa shape index (κ2) is 5.80. The number of nitrogens with zero attached hydrogens (tertiary/aromatic N) is 2. The first-order valence-electron chi connectivity index (χ1n) is 6.80. The summed E-state index contributed by atoms with van der Waals surface area (Å²) in [5.74, 6) is 0. The Labute approximate surface area is 118 Å². The maximum absolute atomic E-state index is 4.22. The van der Waals surface area contributed by atoms with Crippen molar-refractivity contribution in [3.8, 4) is 0 Å². The maximum atomic E-state index is 4.22. The van der Waals surface area contributed by atoms with E-state index in [0.717, 1.165) is 12.2 Å². The Bertz CT molecular complexity index is 695. The minimum Gasteiger partial charge on any atom is -0.305 e. The van der Waals surface area contributed by atoms with Gasteiger partial charge in [-0.05, 0) is 35.4 Å². The Morgan fingerprint density at radius 2 is 1.90 bits per heavy atom. The molecule has 3 rings (SSSR count). The van der Waals surface area contributed by atoms with Crippen molar-refractivity contribution in [1.82, 2.24) is 15.3 Å². The van der Waals surface area contributed by atoms with Gasteiger partial charge in [0.2, 0.25) is 0 Å². The number of fused-ring (bicyclic) bond motifs is 1. The molecule has 1 heterocycles. The predicted molar refractivity (Wildman–Crippen MR) is 81.2 cm³/mol. The highest BCUT2D eigenvalue weighted by Crippen LogP contribution is 2.20. The normalized spacial score (nSPS) is 12.4. The monoisotopic (exact) mass is 263 g/mol. The van der Waals surface area contributed by atoms with Crippen molar-refractivity contribution in [1.29, 1.82) is 0 Å². The van der Waals surface area contributed by atoms with Crippen LogP contribution in [-0.4, -0.2) is 9.97 Å². The van der Waals surface area contributed by atoms with Crippen molar-refractivity contribution in [2.24, 2.45) is 0 Å². The predicted octanol–water partition coefficient (Wildman–Crippen LogP) is 3.48. The maximum Gasteiger partial charge on any atom is 0.115 e. The second-order valence-electron chi connectivity index (χ2n) is 4.91. The molecule has 0 spiro atoms. The summed E-state index contributed by atoms with van der Waals surface area (Å²) in [5, 5.41) is 6.05. The van der Waals surface area contributed by atoms with Crippen LogP contribution in [0.25, 0.3) is 10.8 Å². The summed E-state index contributed by atoms with van der Waals surface area (Å²) in [4.78, 5) is 8.15. The quantitative estimate of drug-likeness (QED) is 0.783. The molecule has 1 unspecified atom stereocenters. The molecular formula is C17H17N3. The van der Waals surface area contributed by atoms with Gasteiger partial charge in [-0.15, -0.1) is 0 Å². The lowest BCUT2D eigenvalue weighted by atomic mass is 10.0. The van der Waals surface area contributed by atoms with Gasteiger partial charge in [0.1, 0.15) is 6.33 Å². The number of aromatic nitrogens is 2. The van der Waals surface area contributed by atoms with Crippen LogP contribution >= 0.6 is 0 Å². The molecule has 0 radical (unpaired) electrons. The molecule has 1 N–H and O–H groups in total. The van der Waals surface area contributed by atoms with Gasteiger partial charge in [0.05, 0.1) is 5.69 Å². The standard InChI is InChI=1S/C17H17N3/c1-13(19-11-17-8-9-18-12-20-17)15-7-6-14-4-2-3-5-16(14)10-15/h2-10,12-13,19H,11H2,1H3. The van der Waals surface area contributed by atoms with Crippen molar-refractivity contribution >= 4 is 10.8 Å². The molecule has 1 aromatic heterocycles. The average Bonchev–Trinajstić information content (AvgIpc) is 2.53. The molecule has 0 fully saturated rings. The molecule has 3 heteroatoms. The third kappa shape index (κ3) is 2.83. The average molecular weight is 263 g/mol. The number of rotatable bonds is 4. The molecule has 0 aliphatic carbocycles. The third-order valence-corrected chi connectivity index (χ3v) is 3.51. The fraction of sp³-hybridized carbons (Fsp3) is 0.176. The van der Waals surface area contributed by atoms with E-state index < -0.39 is 0 Å². The summed E-state index contributed by atoms with van der Waals surface area (Å²) in [5.41, 5.74) is 2.30. The molecule has 0 aliphatic rings. The highest BCUT2D eigenvalue weighted by atomic mass is 14.9. The van der Waals surface area contributed by atoms with Gasteiger partial charge >= 0.3 is 0 Å². The molecule has 0 saturated heterocycles. The van der Waals surface area contributed by atoms with Crippen LogP contribution < -0.4 is 5.32 Å². The summed E-state index contributed by atoms with van der Waals surface area (Å²) in [6.07, 6.45) is 3.35. The first-order valence-corrected chi connectivity index (χ1v) is 6.80. The van der Waals surface area contributed by atoms with Gasteiger partial charge in [-0.2, -0.15) is 0 Å². The van der Waals surface area contributed by atoms with Gasteiger partial charge in [0, 0.05) is 18.8 Å². The summed E-state index contributed by atoms with van der Waals surface area (Å²) < 4.78 is 0. The Hall–Kier alpha value is -2.26. The number of hydrogen-bond acceptors (Lipinski definition) is 3. The van der Waals surface area contributed by atoms with E-state index in [-0.39, 0.29) is 6.04 Å². The van der Waals surface area contributed by atoms with Crippen LogP contribution in [0, 0.1) is 0 Å². The molecular weight excluding hydrogens is 246 g/mol. The van der Waals surface area contributed by atoms with Crippen molar-refractivity contribution in [3.63, 3.8) is 0 Å². The van der Waals surface area contributed by atoms with Gasteiger partial charge in [0.25, 0.3) is 0 Å². The second-order valence-corrected chi connectivity index (χ2v) is 4.91. The van der Waals surface area contributed by atoms with Crippen LogP contribution in [0.5, 0.6) is 0 Å². The van der Waals surface area contributed by atoms with E-state index in [1.54, 1.807) is 12.5 Å². The van der Waals surface area contributed by atoms with E-state index in [1.807, 2.05) is 6.07 Å². The largest absolute Gasteiger partial charge is 0.305 e. The zero-order valence-corrected chi connectivity index (χ0v) is 11.5. The molecule has 0 saturated carbocycles.